The van der Waals surface area contributed by atoms with Crippen molar-refractivity contribution in [2.75, 3.05) is 11.6 Å². The molecule has 140 valence electrons. The van der Waals surface area contributed by atoms with Crippen molar-refractivity contribution in [1.29, 1.82) is 0 Å². The van der Waals surface area contributed by atoms with Crippen LogP contribution in [0.5, 0.6) is 0 Å². The van der Waals surface area contributed by atoms with E-state index >= 15 is 0 Å². The highest BCUT2D eigenvalue weighted by Crippen LogP contribution is 2.31. The number of benzene rings is 1. The van der Waals surface area contributed by atoms with Gasteiger partial charge < -0.3 is 5.32 Å². The molecule has 7 nitrogen and oxygen atoms in total. The highest BCUT2D eigenvalue weighted by atomic mass is 32.2. The molecule has 0 fully saturated rings. The minimum absolute atomic E-state index is 0.0304. The van der Waals surface area contributed by atoms with Crippen molar-refractivity contribution >= 4 is 31.3 Å². The summed E-state index contributed by atoms with van der Waals surface area (Å²) in [5, 5.41) is 0.777. The van der Waals surface area contributed by atoms with Crippen LogP contribution >= 0.6 is 0 Å². The molecule has 0 saturated heterocycles. The zero-order valence-electron chi connectivity index (χ0n) is 13.0. The molecule has 2 rings (SSSR count). The number of hydrogen-bond acceptors (Lipinski definition) is 6. The summed E-state index contributed by atoms with van der Waals surface area (Å²) in [5.41, 5.74) is -6.35. The Morgan fingerprint density at radius 3 is 2.12 bits per heavy atom. The third-order valence-corrected chi connectivity index (χ3v) is 5.69. The third-order valence-electron chi connectivity index (χ3n) is 3.12. The molecule has 0 spiro atoms. The van der Waals surface area contributed by atoms with Crippen LogP contribution in [0.2, 0.25) is 0 Å². The Morgan fingerprint density at radius 1 is 1.04 bits per heavy atom. The van der Waals surface area contributed by atoms with E-state index in [1.807, 2.05) is 0 Å². The molecule has 0 atom stereocenters. The van der Waals surface area contributed by atoms with Crippen molar-refractivity contribution in [3.63, 3.8) is 0 Å². The molecule has 1 N–H and O–H groups in total. The highest BCUT2D eigenvalue weighted by Gasteiger charge is 2.49. The van der Waals surface area contributed by atoms with Crippen molar-refractivity contribution in [2.45, 2.75) is 15.4 Å². The van der Waals surface area contributed by atoms with Gasteiger partial charge in [-0.15, -0.1) is 0 Å². The first-order valence-corrected chi connectivity index (χ1v) is 10.1. The monoisotopic (exact) mass is 408 g/mol. The van der Waals surface area contributed by atoms with Gasteiger partial charge >= 0.3 is 5.51 Å². The Hall–Kier alpha value is -2.47. The summed E-state index contributed by atoms with van der Waals surface area (Å²) in [6.07, 6.45) is 1.79. The first kappa shape index (κ1) is 19.8. The molecule has 1 aromatic carbocycles. The van der Waals surface area contributed by atoms with Gasteiger partial charge in [0.1, 0.15) is 0 Å². The van der Waals surface area contributed by atoms with E-state index < -0.39 is 41.7 Å². The lowest BCUT2D eigenvalue weighted by molar-refractivity contribution is -0.0438. The number of halogens is 3. The summed E-state index contributed by atoms with van der Waals surface area (Å²) in [7, 11) is -9.29. The van der Waals surface area contributed by atoms with Crippen molar-refractivity contribution < 1.29 is 34.8 Å². The van der Waals surface area contributed by atoms with Crippen LogP contribution in [0.25, 0.3) is 0 Å². The molecule has 0 unspecified atom stereocenters. The summed E-state index contributed by atoms with van der Waals surface area (Å²) in [5.74, 6) is -1.15. The van der Waals surface area contributed by atoms with Gasteiger partial charge in [-0.3, -0.25) is 4.79 Å². The lowest BCUT2D eigenvalue weighted by Crippen LogP contribution is -2.27. The molecular formula is C14H11F3N2O5S2. The molecule has 0 saturated carbocycles. The minimum Gasteiger partial charge on any atom is -0.322 e. The van der Waals surface area contributed by atoms with Gasteiger partial charge in [-0.05, 0) is 36.4 Å². The fourth-order valence-corrected chi connectivity index (χ4v) is 3.37. The van der Waals surface area contributed by atoms with Gasteiger partial charge in [0.05, 0.1) is 10.5 Å². The number of nitrogens with one attached hydrogen (secondary N) is 1. The summed E-state index contributed by atoms with van der Waals surface area (Å²) in [4.78, 5) is 15.3. The number of anilines is 1. The smallest absolute Gasteiger partial charge is 0.322 e. The predicted octanol–water partition coefficient (Wildman–Crippen LogP) is 2.03. The third kappa shape index (κ3) is 4.02. The van der Waals surface area contributed by atoms with Crippen molar-refractivity contribution in [1.82, 2.24) is 4.98 Å². The minimum atomic E-state index is -5.82. The second-order valence-electron chi connectivity index (χ2n) is 5.06. The molecular weight excluding hydrogens is 397 g/mol. The molecule has 1 heterocycles. The largest absolute Gasteiger partial charge is 0.503 e. The molecule has 26 heavy (non-hydrogen) atoms. The molecule has 1 amide bonds. The molecule has 0 aliphatic carbocycles. The topological polar surface area (TPSA) is 110 Å². The van der Waals surface area contributed by atoms with E-state index in [1.54, 1.807) is 0 Å². The zero-order valence-corrected chi connectivity index (χ0v) is 14.6. The summed E-state index contributed by atoms with van der Waals surface area (Å²) < 4.78 is 84.0. The van der Waals surface area contributed by atoms with Gasteiger partial charge in [0.2, 0.25) is 0 Å². The maximum Gasteiger partial charge on any atom is 0.503 e. The fourth-order valence-electron chi connectivity index (χ4n) is 1.87. The number of alkyl halides is 3. The molecule has 1 aromatic heterocycles. The van der Waals surface area contributed by atoms with E-state index in [4.69, 9.17) is 0 Å². The Kier molecular flexibility index (Phi) is 5.10. The average Bonchev–Trinajstić information content (AvgIpc) is 2.53. The standard InChI is InChI=1S/C14H11F3N2O5S2/c1-25(21,22)10-6-4-9(5-7-10)19-12(20)11-3-2-8-18-13(11)26(23,24)14(15,16)17/h2-8H,1H3,(H,19,20). The van der Waals surface area contributed by atoms with Crippen LogP contribution in [-0.2, 0) is 19.7 Å². The number of sulfone groups is 2. The number of hydrogen-bond donors (Lipinski definition) is 1. The fraction of sp³-hybridized carbons (Fsp3) is 0.143. The van der Waals surface area contributed by atoms with Crippen molar-refractivity contribution in [3.05, 3.63) is 48.2 Å². The van der Waals surface area contributed by atoms with E-state index in [1.165, 1.54) is 24.3 Å². The van der Waals surface area contributed by atoms with Crippen LogP contribution in [0, 0.1) is 0 Å². The average molecular weight is 408 g/mol. The van der Waals surface area contributed by atoms with E-state index in [2.05, 4.69) is 10.3 Å². The second-order valence-corrected chi connectivity index (χ2v) is 8.93. The molecule has 0 radical (unpaired) electrons. The Balaban J connectivity index is 2.38. The molecule has 0 bridgehead atoms. The molecule has 12 heteroatoms. The van der Waals surface area contributed by atoms with E-state index in [-0.39, 0.29) is 10.6 Å². The van der Waals surface area contributed by atoms with E-state index in [0.717, 1.165) is 24.6 Å². The van der Waals surface area contributed by atoms with E-state index in [9.17, 15) is 34.8 Å². The first-order valence-electron chi connectivity index (χ1n) is 6.72. The van der Waals surface area contributed by atoms with Gasteiger partial charge in [-0.2, -0.15) is 13.2 Å². The molecule has 2 aromatic rings. The Labute approximate surface area is 146 Å². The van der Waals surface area contributed by atoms with Crippen LogP contribution in [-0.4, -0.2) is 39.5 Å². The van der Waals surface area contributed by atoms with Crippen LogP contribution in [0.15, 0.2) is 52.5 Å². The summed E-state index contributed by atoms with van der Waals surface area (Å²) in [6, 6.07) is 6.77. The van der Waals surface area contributed by atoms with Crippen LogP contribution < -0.4 is 5.32 Å². The van der Waals surface area contributed by atoms with Crippen LogP contribution in [0.4, 0.5) is 18.9 Å². The van der Waals surface area contributed by atoms with Crippen molar-refractivity contribution in [3.8, 4) is 0 Å². The summed E-state index contributed by atoms with van der Waals surface area (Å²) in [6.45, 7) is 0. The highest BCUT2D eigenvalue weighted by molar-refractivity contribution is 7.92. The molecule has 0 aliphatic rings. The lowest BCUT2D eigenvalue weighted by atomic mass is 10.2. The maximum absolute atomic E-state index is 12.7. The Bertz CT molecular complexity index is 1050. The lowest BCUT2D eigenvalue weighted by Gasteiger charge is -2.12. The predicted molar refractivity (Wildman–Crippen MR) is 85.0 cm³/mol. The maximum atomic E-state index is 12.7. The van der Waals surface area contributed by atoms with E-state index in [0.29, 0.717) is 0 Å². The number of aromatic nitrogens is 1. The summed E-state index contributed by atoms with van der Waals surface area (Å²) >= 11 is 0. The van der Waals surface area contributed by atoms with Gasteiger partial charge in [0, 0.05) is 18.1 Å². The zero-order chi connectivity index (χ0) is 19.8. The van der Waals surface area contributed by atoms with Crippen molar-refractivity contribution in [2.24, 2.45) is 0 Å². The Morgan fingerprint density at radius 2 is 1.62 bits per heavy atom. The van der Waals surface area contributed by atoms with Gasteiger partial charge in [-0.25, -0.2) is 21.8 Å². The first-order chi connectivity index (χ1) is 11.8. The van der Waals surface area contributed by atoms with Gasteiger partial charge in [-0.1, -0.05) is 0 Å². The second kappa shape index (κ2) is 6.68. The normalized spacial score (nSPS) is 12.6. The van der Waals surface area contributed by atoms with Crippen LogP contribution in [0.3, 0.4) is 0 Å². The number of carbonyl (C=O) groups is 1. The van der Waals surface area contributed by atoms with Gasteiger partial charge in [0.25, 0.3) is 15.7 Å². The number of pyridine rings is 1. The molecule has 0 aliphatic heterocycles. The number of nitrogens with zero attached hydrogens (tertiary/aromatic N) is 1. The number of carbonyl (C=O) groups excluding carboxylic acids is 1. The van der Waals surface area contributed by atoms with Gasteiger partial charge in [0.15, 0.2) is 14.9 Å². The number of amides is 1. The SMILES string of the molecule is CS(=O)(=O)c1ccc(NC(=O)c2cccnc2S(=O)(=O)C(F)(F)F)cc1. The quantitative estimate of drug-likeness (QED) is 0.829. The number of rotatable bonds is 4. The van der Waals surface area contributed by atoms with Crippen LogP contribution in [0.1, 0.15) is 10.4 Å².